The summed E-state index contributed by atoms with van der Waals surface area (Å²) in [5, 5.41) is 5.14. The molecular weight excluding hydrogens is 425 g/mol. The lowest BCUT2D eigenvalue weighted by Gasteiger charge is -2.17. The molecule has 164 valence electrons. The molecule has 1 amide bonds. The first kappa shape index (κ1) is 22.0. The normalized spacial score (nSPS) is 13.1. The van der Waals surface area contributed by atoms with Gasteiger partial charge in [0, 0.05) is 17.0 Å². The molecule has 0 aliphatic heterocycles. The Labute approximate surface area is 190 Å². The van der Waals surface area contributed by atoms with Crippen molar-refractivity contribution in [3.05, 3.63) is 82.0 Å². The van der Waals surface area contributed by atoms with E-state index in [1.807, 2.05) is 11.4 Å². The highest BCUT2D eigenvalue weighted by atomic mass is 32.1. The van der Waals surface area contributed by atoms with Gasteiger partial charge in [0.25, 0.3) is 0 Å². The first-order valence-electron chi connectivity index (χ1n) is 10.7. The number of thiophene rings is 1. The molecule has 6 heteroatoms. The second-order valence-corrected chi connectivity index (χ2v) is 8.52. The summed E-state index contributed by atoms with van der Waals surface area (Å²) in [6, 6.07) is 12.2. The van der Waals surface area contributed by atoms with Crippen LogP contribution in [0.2, 0.25) is 0 Å². The predicted molar refractivity (Wildman–Crippen MR) is 126 cm³/mol. The maximum absolute atomic E-state index is 13.0. The minimum atomic E-state index is -0.459. The van der Waals surface area contributed by atoms with Crippen LogP contribution in [0.4, 0.5) is 9.39 Å². The summed E-state index contributed by atoms with van der Waals surface area (Å²) in [4.78, 5) is 25.3. The molecule has 0 fully saturated rings. The van der Waals surface area contributed by atoms with Crippen LogP contribution in [0.15, 0.2) is 53.9 Å². The smallest absolute Gasteiger partial charge is 0.341 e. The number of esters is 1. The van der Waals surface area contributed by atoms with E-state index in [0.29, 0.717) is 16.1 Å². The first-order valence-corrected chi connectivity index (χ1v) is 11.6. The Bertz CT molecular complexity index is 1160. The molecule has 0 unspecified atom stereocenters. The monoisotopic (exact) mass is 449 g/mol. The fourth-order valence-electron chi connectivity index (χ4n) is 3.87. The van der Waals surface area contributed by atoms with E-state index in [9.17, 15) is 14.0 Å². The van der Waals surface area contributed by atoms with Gasteiger partial charge in [0.2, 0.25) is 5.91 Å². The molecule has 1 aromatic heterocycles. The lowest BCUT2D eigenvalue weighted by Crippen LogP contribution is -2.12. The van der Waals surface area contributed by atoms with Gasteiger partial charge in [-0.3, -0.25) is 4.79 Å². The molecule has 1 N–H and O–H groups in total. The fraction of sp³-hybridized carbons (Fsp3) is 0.231. The van der Waals surface area contributed by atoms with Gasteiger partial charge < -0.3 is 10.1 Å². The van der Waals surface area contributed by atoms with Gasteiger partial charge in [0.15, 0.2) is 0 Å². The van der Waals surface area contributed by atoms with Crippen LogP contribution < -0.4 is 5.32 Å². The second kappa shape index (κ2) is 9.92. The molecule has 4 nitrogen and oxygen atoms in total. The molecule has 0 radical (unpaired) electrons. The van der Waals surface area contributed by atoms with Crippen molar-refractivity contribution in [3.8, 4) is 11.1 Å². The number of nitrogens with one attached hydrogen (secondary N) is 1. The summed E-state index contributed by atoms with van der Waals surface area (Å²) in [7, 11) is 0. The summed E-state index contributed by atoms with van der Waals surface area (Å²) in [5.41, 5.74) is 5.48. The van der Waals surface area contributed by atoms with Crippen molar-refractivity contribution >= 4 is 34.3 Å². The molecule has 1 aliphatic carbocycles. The van der Waals surface area contributed by atoms with E-state index in [4.69, 9.17) is 4.74 Å². The third kappa shape index (κ3) is 4.97. The van der Waals surface area contributed by atoms with Crippen LogP contribution in [0.1, 0.15) is 46.8 Å². The van der Waals surface area contributed by atoms with Gasteiger partial charge in [-0.1, -0.05) is 30.3 Å². The zero-order valence-electron chi connectivity index (χ0n) is 17.8. The average Bonchev–Trinajstić information content (AvgIpc) is 3.22. The summed E-state index contributed by atoms with van der Waals surface area (Å²) < 4.78 is 18.3. The molecular formula is C26H24FNO3S. The highest BCUT2D eigenvalue weighted by molar-refractivity contribution is 7.15. The van der Waals surface area contributed by atoms with Crippen LogP contribution in [0.25, 0.3) is 17.2 Å². The van der Waals surface area contributed by atoms with Gasteiger partial charge in [0.1, 0.15) is 16.4 Å². The van der Waals surface area contributed by atoms with Crippen LogP contribution in [-0.2, 0) is 22.4 Å². The van der Waals surface area contributed by atoms with E-state index < -0.39 is 5.97 Å². The standard InChI is InChI=1S/C26H24FNO3S/c1-2-31-26(30)24-22(20-11-10-18-5-3-4-6-19(18)15-20)16-32-25(24)28-23(29)14-9-17-7-12-21(27)13-8-17/h7-16H,2-6H2,1H3,(H,28,29)/b14-9+. The predicted octanol–water partition coefficient (Wildman–Crippen LogP) is 6.26. The van der Waals surface area contributed by atoms with Gasteiger partial charge in [-0.25, -0.2) is 9.18 Å². The minimum absolute atomic E-state index is 0.246. The fourth-order valence-corrected chi connectivity index (χ4v) is 4.83. The van der Waals surface area contributed by atoms with Gasteiger partial charge in [-0.15, -0.1) is 11.3 Å². The van der Waals surface area contributed by atoms with Crippen molar-refractivity contribution in [2.24, 2.45) is 0 Å². The Kier molecular flexibility index (Phi) is 6.81. The Hall–Kier alpha value is -3.25. The van der Waals surface area contributed by atoms with Crippen molar-refractivity contribution < 1.29 is 18.7 Å². The van der Waals surface area contributed by atoms with E-state index in [2.05, 4.69) is 17.4 Å². The van der Waals surface area contributed by atoms with Crippen molar-refractivity contribution in [1.29, 1.82) is 0 Å². The molecule has 3 aromatic rings. The number of halogens is 1. The van der Waals surface area contributed by atoms with Crippen LogP contribution in [-0.4, -0.2) is 18.5 Å². The van der Waals surface area contributed by atoms with E-state index in [-0.39, 0.29) is 18.3 Å². The number of rotatable bonds is 6. The van der Waals surface area contributed by atoms with Gasteiger partial charge in [0.05, 0.1) is 6.61 Å². The summed E-state index contributed by atoms with van der Waals surface area (Å²) in [6.45, 7) is 2.00. The van der Waals surface area contributed by atoms with E-state index in [1.165, 1.54) is 53.5 Å². The van der Waals surface area contributed by atoms with Gasteiger partial charge in [-0.05, 0) is 73.1 Å². The zero-order chi connectivity index (χ0) is 22.5. The molecule has 0 saturated carbocycles. The van der Waals surface area contributed by atoms with Crippen LogP contribution in [0.5, 0.6) is 0 Å². The largest absolute Gasteiger partial charge is 0.462 e. The number of hydrogen-bond acceptors (Lipinski definition) is 4. The lowest BCUT2D eigenvalue weighted by molar-refractivity contribution is -0.111. The molecule has 0 spiro atoms. The number of carbonyl (C=O) groups is 2. The maximum Gasteiger partial charge on any atom is 0.341 e. The Morgan fingerprint density at radius 3 is 2.59 bits per heavy atom. The molecule has 1 heterocycles. The SMILES string of the molecule is CCOC(=O)c1c(-c2ccc3c(c2)CCCC3)csc1NC(=O)/C=C/c1ccc(F)cc1. The summed E-state index contributed by atoms with van der Waals surface area (Å²) in [6.07, 6.45) is 7.47. The number of ether oxygens (including phenoxy) is 1. The molecule has 0 atom stereocenters. The molecule has 2 aromatic carbocycles. The average molecular weight is 450 g/mol. The second-order valence-electron chi connectivity index (χ2n) is 7.64. The third-order valence-corrected chi connectivity index (χ3v) is 6.36. The minimum Gasteiger partial charge on any atom is -0.462 e. The highest BCUT2D eigenvalue weighted by Crippen LogP contribution is 2.37. The van der Waals surface area contributed by atoms with E-state index in [0.717, 1.165) is 24.0 Å². The number of anilines is 1. The lowest BCUT2D eigenvalue weighted by atomic mass is 9.89. The quantitative estimate of drug-likeness (QED) is 0.357. The summed E-state index contributed by atoms with van der Waals surface area (Å²) in [5.74, 6) is -1.17. The van der Waals surface area contributed by atoms with E-state index in [1.54, 1.807) is 25.1 Å². The Balaban J connectivity index is 1.61. The van der Waals surface area contributed by atoms with Crippen molar-refractivity contribution in [2.75, 3.05) is 11.9 Å². The molecule has 0 bridgehead atoms. The Morgan fingerprint density at radius 1 is 1.09 bits per heavy atom. The molecule has 0 saturated heterocycles. The Morgan fingerprint density at radius 2 is 1.84 bits per heavy atom. The maximum atomic E-state index is 13.0. The van der Waals surface area contributed by atoms with Crippen LogP contribution in [0, 0.1) is 5.82 Å². The first-order chi connectivity index (χ1) is 15.5. The third-order valence-electron chi connectivity index (χ3n) is 5.46. The zero-order valence-corrected chi connectivity index (χ0v) is 18.6. The summed E-state index contributed by atoms with van der Waals surface area (Å²) >= 11 is 1.30. The number of amides is 1. The highest BCUT2D eigenvalue weighted by Gasteiger charge is 2.23. The number of aryl methyl sites for hydroxylation is 2. The molecule has 1 aliphatic rings. The molecule has 32 heavy (non-hydrogen) atoms. The number of fused-ring (bicyclic) bond motifs is 1. The van der Waals surface area contributed by atoms with Gasteiger partial charge in [-0.2, -0.15) is 0 Å². The molecule has 4 rings (SSSR count). The van der Waals surface area contributed by atoms with Crippen molar-refractivity contribution in [1.82, 2.24) is 0 Å². The topological polar surface area (TPSA) is 55.4 Å². The number of benzene rings is 2. The van der Waals surface area contributed by atoms with E-state index >= 15 is 0 Å². The van der Waals surface area contributed by atoms with Crippen LogP contribution >= 0.6 is 11.3 Å². The van der Waals surface area contributed by atoms with Crippen molar-refractivity contribution in [3.63, 3.8) is 0 Å². The van der Waals surface area contributed by atoms with Crippen molar-refractivity contribution in [2.45, 2.75) is 32.6 Å². The van der Waals surface area contributed by atoms with Gasteiger partial charge >= 0.3 is 5.97 Å². The number of carbonyl (C=O) groups excluding carboxylic acids is 2. The van der Waals surface area contributed by atoms with Crippen LogP contribution in [0.3, 0.4) is 0 Å². The number of hydrogen-bond donors (Lipinski definition) is 1.